The van der Waals surface area contributed by atoms with Crippen molar-refractivity contribution < 1.29 is 4.79 Å². The standard InChI is InChI=1S/C13H10BrN3O/c14-12-5-3-11(4-6-12)13(18)17-16-9-10-2-1-7-15-8-10/h1-9H,(H,17,18)/b16-9+. The molecule has 0 aliphatic carbocycles. The molecule has 18 heavy (non-hydrogen) atoms. The Balaban J connectivity index is 1.96. The zero-order valence-electron chi connectivity index (χ0n) is 9.38. The van der Waals surface area contributed by atoms with Gasteiger partial charge in [-0.3, -0.25) is 9.78 Å². The Morgan fingerprint density at radius 3 is 2.72 bits per heavy atom. The van der Waals surface area contributed by atoms with Crippen molar-refractivity contribution in [1.82, 2.24) is 10.4 Å². The van der Waals surface area contributed by atoms with Crippen LogP contribution in [0.4, 0.5) is 0 Å². The molecule has 0 unspecified atom stereocenters. The molecule has 0 aliphatic heterocycles. The molecule has 0 saturated heterocycles. The second kappa shape index (κ2) is 6.07. The van der Waals surface area contributed by atoms with Crippen molar-refractivity contribution in [2.45, 2.75) is 0 Å². The molecule has 1 N–H and O–H groups in total. The number of pyridine rings is 1. The van der Waals surface area contributed by atoms with Crippen molar-refractivity contribution in [3.8, 4) is 0 Å². The van der Waals surface area contributed by atoms with Crippen LogP contribution in [0.2, 0.25) is 0 Å². The number of nitrogens with one attached hydrogen (secondary N) is 1. The van der Waals surface area contributed by atoms with E-state index in [0.29, 0.717) is 5.56 Å². The fraction of sp³-hybridized carbons (Fsp3) is 0. The van der Waals surface area contributed by atoms with Gasteiger partial charge in [0.05, 0.1) is 6.21 Å². The molecule has 1 aromatic carbocycles. The van der Waals surface area contributed by atoms with E-state index < -0.39 is 0 Å². The molecule has 2 rings (SSSR count). The number of rotatable bonds is 3. The van der Waals surface area contributed by atoms with Crippen LogP contribution in [-0.2, 0) is 0 Å². The molecule has 1 heterocycles. The number of nitrogens with zero attached hydrogens (tertiary/aromatic N) is 2. The molecule has 90 valence electrons. The highest BCUT2D eigenvalue weighted by Gasteiger charge is 2.02. The number of amides is 1. The van der Waals surface area contributed by atoms with Gasteiger partial charge in [-0.25, -0.2) is 5.43 Å². The third-order valence-electron chi connectivity index (χ3n) is 2.17. The molecule has 1 amide bonds. The van der Waals surface area contributed by atoms with E-state index >= 15 is 0 Å². The van der Waals surface area contributed by atoms with E-state index in [0.717, 1.165) is 10.0 Å². The Morgan fingerprint density at radius 2 is 2.06 bits per heavy atom. The zero-order valence-corrected chi connectivity index (χ0v) is 11.0. The van der Waals surface area contributed by atoms with E-state index in [1.807, 2.05) is 6.07 Å². The van der Waals surface area contributed by atoms with Gasteiger partial charge in [0.15, 0.2) is 0 Å². The fourth-order valence-electron chi connectivity index (χ4n) is 1.28. The highest BCUT2D eigenvalue weighted by molar-refractivity contribution is 9.10. The van der Waals surface area contributed by atoms with E-state index in [1.165, 1.54) is 0 Å². The Hall–Kier alpha value is -2.01. The van der Waals surface area contributed by atoms with Crippen LogP contribution in [0.25, 0.3) is 0 Å². The molecular weight excluding hydrogens is 294 g/mol. The lowest BCUT2D eigenvalue weighted by Crippen LogP contribution is -2.17. The van der Waals surface area contributed by atoms with Gasteiger partial charge in [0.25, 0.3) is 5.91 Å². The van der Waals surface area contributed by atoms with Crippen LogP contribution in [0.15, 0.2) is 58.4 Å². The zero-order chi connectivity index (χ0) is 12.8. The number of halogens is 1. The van der Waals surface area contributed by atoms with Gasteiger partial charge in [-0.2, -0.15) is 5.10 Å². The third kappa shape index (κ3) is 3.49. The van der Waals surface area contributed by atoms with Crippen molar-refractivity contribution in [2.24, 2.45) is 5.10 Å². The Morgan fingerprint density at radius 1 is 1.28 bits per heavy atom. The Kier molecular flexibility index (Phi) is 4.20. The topological polar surface area (TPSA) is 54.4 Å². The van der Waals surface area contributed by atoms with E-state index in [1.54, 1.807) is 48.9 Å². The van der Waals surface area contributed by atoms with Gasteiger partial charge in [-0.1, -0.05) is 22.0 Å². The van der Waals surface area contributed by atoms with E-state index in [2.05, 4.69) is 31.4 Å². The summed E-state index contributed by atoms with van der Waals surface area (Å²) in [4.78, 5) is 15.6. The molecule has 1 aromatic heterocycles. The SMILES string of the molecule is O=C(N/N=C/c1cccnc1)c1ccc(Br)cc1. The van der Waals surface area contributed by atoms with E-state index in [9.17, 15) is 4.79 Å². The van der Waals surface area contributed by atoms with Crippen molar-refractivity contribution in [2.75, 3.05) is 0 Å². The van der Waals surface area contributed by atoms with Gasteiger partial charge in [0.2, 0.25) is 0 Å². The number of carbonyl (C=O) groups excluding carboxylic acids is 1. The van der Waals surface area contributed by atoms with Gasteiger partial charge in [-0.05, 0) is 30.3 Å². The first-order chi connectivity index (χ1) is 8.75. The molecular formula is C13H10BrN3O. The van der Waals surface area contributed by atoms with Crippen LogP contribution in [-0.4, -0.2) is 17.1 Å². The fourth-order valence-corrected chi connectivity index (χ4v) is 1.55. The molecule has 2 aromatic rings. The number of benzene rings is 1. The maximum Gasteiger partial charge on any atom is 0.271 e. The maximum absolute atomic E-state index is 11.7. The monoisotopic (exact) mass is 303 g/mol. The molecule has 4 nitrogen and oxygen atoms in total. The summed E-state index contributed by atoms with van der Waals surface area (Å²) in [7, 11) is 0. The van der Waals surface area contributed by atoms with Crippen LogP contribution in [0.3, 0.4) is 0 Å². The number of hydrazone groups is 1. The average molecular weight is 304 g/mol. The predicted molar refractivity (Wildman–Crippen MR) is 73.4 cm³/mol. The van der Waals surface area contributed by atoms with Gasteiger partial charge in [0.1, 0.15) is 0 Å². The largest absolute Gasteiger partial charge is 0.271 e. The third-order valence-corrected chi connectivity index (χ3v) is 2.70. The summed E-state index contributed by atoms with van der Waals surface area (Å²) in [6, 6.07) is 10.7. The van der Waals surface area contributed by atoms with Crippen LogP contribution in [0, 0.1) is 0 Å². The normalized spacial score (nSPS) is 10.5. The Labute approximate surface area is 113 Å². The van der Waals surface area contributed by atoms with Crippen LogP contribution >= 0.6 is 15.9 Å². The van der Waals surface area contributed by atoms with Crippen molar-refractivity contribution in [1.29, 1.82) is 0 Å². The molecule has 0 radical (unpaired) electrons. The summed E-state index contributed by atoms with van der Waals surface area (Å²) in [5.74, 6) is -0.248. The van der Waals surface area contributed by atoms with Gasteiger partial charge in [0, 0.05) is 28.0 Å². The van der Waals surface area contributed by atoms with Crippen LogP contribution in [0.5, 0.6) is 0 Å². The highest BCUT2D eigenvalue weighted by atomic mass is 79.9. The number of hydrogen-bond donors (Lipinski definition) is 1. The lowest BCUT2D eigenvalue weighted by Gasteiger charge is -1.99. The lowest BCUT2D eigenvalue weighted by molar-refractivity contribution is 0.0955. The molecule has 0 bridgehead atoms. The van der Waals surface area contributed by atoms with E-state index in [-0.39, 0.29) is 5.91 Å². The summed E-state index contributed by atoms with van der Waals surface area (Å²) in [5, 5.41) is 3.86. The van der Waals surface area contributed by atoms with Crippen molar-refractivity contribution in [3.05, 3.63) is 64.4 Å². The summed E-state index contributed by atoms with van der Waals surface area (Å²) in [6.07, 6.45) is 4.89. The van der Waals surface area contributed by atoms with Crippen LogP contribution in [0.1, 0.15) is 15.9 Å². The number of aromatic nitrogens is 1. The summed E-state index contributed by atoms with van der Waals surface area (Å²) < 4.78 is 0.929. The second-order valence-electron chi connectivity index (χ2n) is 3.49. The summed E-state index contributed by atoms with van der Waals surface area (Å²) in [6.45, 7) is 0. The predicted octanol–water partition coefficient (Wildman–Crippen LogP) is 2.61. The van der Waals surface area contributed by atoms with Crippen LogP contribution < -0.4 is 5.43 Å². The molecule has 5 heteroatoms. The quantitative estimate of drug-likeness (QED) is 0.700. The lowest BCUT2D eigenvalue weighted by atomic mass is 10.2. The smallest absolute Gasteiger partial charge is 0.267 e. The second-order valence-corrected chi connectivity index (χ2v) is 4.41. The van der Waals surface area contributed by atoms with Crippen molar-refractivity contribution >= 4 is 28.1 Å². The van der Waals surface area contributed by atoms with Gasteiger partial charge >= 0.3 is 0 Å². The van der Waals surface area contributed by atoms with Gasteiger partial charge < -0.3 is 0 Å². The first-order valence-corrected chi connectivity index (χ1v) is 6.04. The number of carbonyl (C=O) groups is 1. The first kappa shape index (κ1) is 12.4. The molecule has 0 atom stereocenters. The molecule has 0 saturated carbocycles. The Bertz CT molecular complexity index is 552. The van der Waals surface area contributed by atoms with E-state index in [4.69, 9.17) is 0 Å². The van der Waals surface area contributed by atoms with Crippen molar-refractivity contribution in [3.63, 3.8) is 0 Å². The molecule has 0 aliphatic rings. The van der Waals surface area contributed by atoms with Gasteiger partial charge in [-0.15, -0.1) is 0 Å². The maximum atomic E-state index is 11.7. The highest BCUT2D eigenvalue weighted by Crippen LogP contribution is 2.10. The average Bonchev–Trinajstić information content (AvgIpc) is 2.40. The summed E-state index contributed by atoms with van der Waals surface area (Å²) in [5.41, 5.74) is 3.84. The first-order valence-electron chi connectivity index (χ1n) is 5.25. The minimum Gasteiger partial charge on any atom is -0.267 e. The number of hydrogen-bond acceptors (Lipinski definition) is 3. The minimum atomic E-state index is -0.248. The summed E-state index contributed by atoms with van der Waals surface area (Å²) >= 11 is 3.31. The minimum absolute atomic E-state index is 0.248. The molecule has 0 fully saturated rings. The molecule has 0 spiro atoms.